The first-order chi connectivity index (χ1) is 16.1. The molecule has 0 saturated heterocycles. The highest BCUT2D eigenvalue weighted by molar-refractivity contribution is 5.70. The number of aromatic nitrogens is 9. The van der Waals surface area contributed by atoms with Crippen molar-refractivity contribution >= 4 is 5.65 Å². The summed E-state index contributed by atoms with van der Waals surface area (Å²) in [5.74, 6) is 0.0480. The van der Waals surface area contributed by atoms with E-state index in [1.807, 2.05) is 6.92 Å². The zero-order valence-electron chi connectivity index (χ0n) is 17.2. The Kier molecular flexibility index (Phi) is 5.12. The summed E-state index contributed by atoms with van der Waals surface area (Å²) in [7, 11) is 0. The number of rotatable bonds is 6. The Morgan fingerprint density at radius 1 is 1.12 bits per heavy atom. The van der Waals surface area contributed by atoms with E-state index in [9.17, 15) is 9.65 Å². The molecule has 0 bridgehead atoms. The lowest BCUT2D eigenvalue weighted by Crippen LogP contribution is -2.20. The summed E-state index contributed by atoms with van der Waals surface area (Å²) in [6.07, 6.45) is 4.34. The van der Waals surface area contributed by atoms with Crippen molar-refractivity contribution in [2.75, 3.05) is 0 Å². The van der Waals surface area contributed by atoms with E-state index in [2.05, 4.69) is 41.9 Å². The monoisotopic (exact) mass is 442 g/mol. The first-order valence-electron chi connectivity index (χ1n) is 9.86. The van der Waals surface area contributed by atoms with Crippen LogP contribution in [-0.4, -0.2) is 51.1 Å². The van der Waals surface area contributed by atoms with E-state index in [4.69, 9.17) is 4.74 Å². The van der Waals surface area contributed by atoms with E-state index in [1.165, 1.54) is 30.7 Å². The molecule has 0 amide bonds. The van der Waals surface area contributed by atoms with Gasteiger partial charge < -0.3 is 4.74 Å². The number of tetrazole rings is 1. The van der Waals surface area contributed by atoms with Crippen LogP contribution in [-0.2, 0) is 6.54 Å². The average Bonchev–Trinajstić information content (AvgIpc) is 3.48. The summed E-state index contributed by atoms with van der Waals surface area (Å²) in [6, 6.07) is 11.3. The molecule has 0 saturated carbocycles. The number of nitrogens with zero attached hydrogens (tertiary/aromatic N) is 10. The van der Waals surface area contributed by atoms with Crippen LogP contribution < -0.4 is 4.74 Å². The summed E-state index contributed by atoms with van der Waals surface area (Å²) >= 11 is 0. The minimum absolute atomic E-state index is 0.223. The second kappa shape index (κ2) is 8.39. The number of nitriles is 1. The molecular formula is C21H15FN10O. The van der Waals surface area contributed by atoms with Gasteiger partial charge in [-0.2, -0.15) is 15.5 Å². The van der Waals surface area contributed by atoms with Crippen LogP contribution in [0.5, 0.6) is 5.75 Å². The second-order valence-electron chi connectivity index (χ2n) is 7.17. The van der Waals surface area contributed by atoms with Gasteiger partial charge in [-0.05, 0) is 47.7 Å². The SMILES string of the molecule is C[C@@H](Cn1cnnn1)Oc1cnnc(-c2ccc3ncc(-c4cc(F)ccc4C#N)n3n2)c1. The molecule has 0 N–H and O–H groups in total. The Morgan fingerprint density at radius 2 is 2.03 bits per heavy atom. The fourth-order valence-electron chi connectivity index (χ4n) is 3.35. The summed E-state index contributed by atoms with van der Waals surface area (Å²) in [4.78, 5) is 4.32. The van der Waals surface area contributed by atoms with Crippen LogP contribution in [0.25, 0.3) is 28.3 Å². The molecule has 1 atom stereocenters. The van der Waals surface area contributed by atoms with Crippen molar-refractivity contribution in [3.05, 3.63) is 66.5 Å². The fourth-order valence-corrected chi connectivity index (χ4v) is 3.35. The summed E-state index contributed by atoms with van der Waals surface area (Å²) in [5, 5.41) is 33.2. The average molecular weight is 442 g/mol. The highest BCUT2D eigenvalue weighted by atomic mass is 19.1. The van der Waals surface area contributed by atoms with E-state index in [1.54, 1.807) is 33.6 Å². The number of ether oxygens (including phenoxy) is 1. The molecular weight excluding hydrogens is 427 g/mol. The van der Waals surface area contributed by atoms with Gasteiger partial charge in [0.1, 0.15) is 35.4 Å². The molecule has 0 spiro atoms. The lowest BCUT2D eigenvalue weighted by Gasteiger charge is -2.14. The maximum absolute atomic E-state index is 13.9. The van der Waals surface area contributed by atoms with Crippen LogP contribution in [0.15, 0.2) is 55.1 Å². The number of halogens is 1. The standard InChI is InChI=1S/C21H15FN10O/c1-13(11-31-12-26-29-30-31)33-16-7-19(27-25-9-16)18-4-5-21-24-10-20(32(21)28-18)17-6-15(22)3-2-14(17)8-23/h2-7,9-10,12-13H,11H2,1H3/t13-/m0/s1. The molecule has 0 aliphatic rings. The molecule has 162 valence electrons. The van der Waals surface area contributed by atoms with Crippen molar-refractivity contribution < 1.29 is 9.13 Å². The highest BCUT2D eigenvalue weighted by Crippen LogP contribution is 2.26. The lowest BCUT2D eigenvalue weighted by atomic mass is 10.1. The van der Waals surface area contributed by atoms with Gasteiger partial charge in [0.2, 0.25) is 0 Å². The first kappa shape index (κ1) is 20.1. The Morgan fingerprint density at radius 3 is 2.85 bits per heavy atom. The van der Waals surface area contributed by atoms with Crippen molar-refractivity contribution in [1.29, 1.82) is 5.26 Å². The maximum atomic E-state index is 13.9. The molecule has 1 aromatic carbocycles. The smallest absolute Gasteiger partial charge is 0.154 e. The molecule has 5 aromatic rings. The molecule has 0 aliphatic carbocycles. The van der Waals surface area contributed by atoms with Crippen molar-refractivity contribution in [2.24, 2.45) is 0 Å². The largest absolute Gasteiger partial charge is 0.487 e. The second-order valence-corrected chi connectivity index (χ2v) is 7.17. The van der Waals surface area contributed by atoms with Gasteiger partial charge in [0.25, 0.3) is 0 Å². The summed E-state index contributed by atoms with van der Waals surface area (Å²) in [6.45, 7) is 2.34. The molecule has 0 radical (unpaired) electrons. The molecule has 0 aliphatic heterocycles. The third kappa shape index (κ3) is 4.07. The van der Waals surface area contributed by atoms with Crippen LogP contribution in [0.4, 0.5) is 4.39 Å². The van der Waals surface area contributed by atoms with E-state index in [0.29, 0.717) is 46.2 Å². The molecule has 33 heavy (non-hydrogen) atoms. The number of hydrogen-bond acceptors (Lipinski definition) is 9. The van der Waals surface area contributed by atoms with Crippen LogP contribution in [0.1, 0.15) is 12.5 Å². The van der Waals surface area contributed by atoms with Crippen molar-refractivity contribution in [1.82, 2.24) is 45.0 Å². The van der Waals surface area contributed by atoms with Gasteiger partial charge >= 0.3 is 0 Å². The van der Waals surface area contributed by atoms with Crippen LogP contribution in [0, 0.1) is 17.1 Å². The Labute approximate surface area is 186 Å². The number of imidazole rings is 1. The van der Waals surface area contributed by atoms with Gasteiger partial charge in [0, 0.05) is 11.6 Å². The number of fused-ring (bicyclic) bond motifs is 1. The molecule has 5 rings (SSSR count). The zero-order chi connectivity index (χ0) is 22.8. The number of benzene rings is 1. The summed E-state index contributed by atoms with van der Waals surface area (Å²) < 4.78 is 22.9. The van der Waals surface area contributed by atoms with E-state index < -0.39 is 5.82 Å². The van der Waals surface area contributed by atoms with E-state index >= 15 is 0 Å². The predicted molar refractivity (Wildman–Crippen MR) is 112 cm³/mol. The van der Waals surface area contributed by atoms with Gasteiger partial charge in [-0.3, -0.25) is 0 Å². The van der Waals surface area contributed by atoms with Crippen molar-refractivity contribution in [3.63, 3.8) is 0 Å². The molecule has 4 heterocycles. The van der Waals surface area contributed by atoms with Crippen LogP contribution in [0.3, 0.4) is 0 Å². The molecule has 0 fully saturated rings. The minimum atomic E-state index is -0.457. The molecule has 11 nitrogen and oxygen atoms in total. The van der Waals surface area contributed by atoms with E-state index in [-0.39, 0.29) is 6.10 Å². The number of hydrogen-bond donors (Lipinski definition) is 0. The van der Waals surface area contributed by atoms with Gasteiger partial charge in [0.15, 0.2) is 5.65 Å². The Balaban J connectivity index is 1.48. The fraction of sp³-hybridized carbons (Fsp3) is 0.143. The lowest BCUT2D eigenvalue weighted by molar-refractivity contribution is 0.192. The molecule has 4 aromatic heterocycles. The summed E-state index contributed by atoms with van der Waals surface area (Å²) in [5.41, 5.74) is 2.72. The van der Waals surface area contributed by atoms with Crippen molar-refractivity contribution in [3.8, 4) is 34.5 Å². The van der Waals surface area contributed by atoms with Crippen LogP contribution in [0.2, 0.25) is 0 Å². The van der Waals surface area contributed by atoms with E-state index in [0.717, 1.165) is 0 Å². The first-order valence-corrected chi connectivity index (χ1v) is 9.86. The Hall–Kier alpha value is -4.79. The molecule has 0 unspecified atom stereocenters. The van der Waals surface area contributed by atoms with Gasteiger partial charge in [-0.1, -0.05) is 0 Å². The minimum Gasteiger partial charge on any atom is -0.487 e. The third-order valence-electron chi connectivity index (χ3n) is 4.81. The van der Waals surface area contributed by atoms with Crippen molar-refractivity contribution in [2.45, 2.75) is 19.6 Å². The zero-order valence-corrected chi connectivity index (χ0v) is 17.2. The third-order valence-corrected chi connectivity index (χ3v) is 4.81. The topological polar surface area (TPSA) is 133 Å². The van der Waals surface area contributed by atoms with Gasteiger partial charge in [-0.25, -0.2) is 18.6 Å². The highest BCUT2D eigenvalue weighted by Gasteiger charge is 2.15. The predicted octanol–water partition coefficient (Wildman–Crippen LogP) is 2.32. The van der Waals surface area contributed by atoms with Gasteiger partial charge in [-0.15, -0.1) is 10.2 Å². The van der Waals surface area contributed by atoms with Gasteiger partial charge in [0.05, 0.1) is 36.3 Å². The maximum Gasteiger partial charge on any atom is 0.154 e. The normalized spacial score (nSPS) is 11.9. The Bertz CT molecular complexity index is 1470. The molecule has 12 heteroatoms. The van der Waals surface area contributed by atoms with Crippen LogP contribution >= 0.6 is 0 Å². The quantitative estimate of drug-likeness (QED) is 0.388.